The van der Waals surface area contributed by atoms with E-state index in [2.05, 4.69) is 4.99 Å². The number of carboxylic acid groups (broad SMARTS) is 2. The van der Waals surface area contributed by atoms with Crippen LogP contribution in [0.4, 0.5) is 0 Å². The molecule has 1 aromatic carbocycles. The van der Waals surface area contributed by atoms with E-state index in [1.165, 1.54) is 0 Å². The third kappa shape index (κ3) is 4.29. The summed E-state index contributed by atoms with van der Waals surface area (Å²) in [5.41, 5.74) is 7.22. The highest BCUT2D eigenvalue weighted by Gasteiger charge is 2.51. The fourth-order valence-corrected chi connectivity index (χ4v) is 2.70. The fourth-order valence-electron chi connectivity index (χ4n) is 2.70. The summed E-state index contributed by atoms with van der Waals surface area (Å²) < 4.78 is 0. The van der Waals surface area contributed by atoms with E-state index in [0.29, 0.717) is 19.3 Å². The SMILES string of the molecule is CCC(CC)(Cc1ccccc1)C(=O)NC(N=C(N)N)(C(=O)O)C(=O)O. The summed E-state index contributed by atoms with van der Waals surface area (Å²) in [6, 6.07) is 9.15. The Balaban J connectivity index is 3.31. The molecule has 0 saturated heterocycles. The lowest BCUT2D eigenvalue weighted by Gasteiger charge is -2.33. The zero-order chi connectivity index (χ0) is 20.0. The molecule has 26 heavy (non-hydrogen) atoms. The van der Waals surface area contributed by atoms with Gasteiger partial charge in [0.15, 0.2) is 5.96 Å². The molecule has 0 heterocycles. The highest BCUT2D eigenvalue weighted by Crippen LogP contribution is 2.32. The van der Waals surface area contributed by atoms with Gasteiger partial charge in [-0.05, 0) is 24.8 Å². The van der Waals surface area contributed by atoms with Gasteiger partial charge in [-0.3, -0.25) is 4.79 Å². The molecule has 1 amide bonds. The molecule has 0 saturated carbocycles. The van der Waals surface area contributed by atoms with Crippen LogP contribution in [0.5, 0.6) is 0 Å². The van der Waals surface area contributed by atoms with Crippen molar-refractivity contribution in [2.75, 3.05) is 0 Å². The predicted molar refractivity (Wildman–Crippen MR) is 95.1 cm³/mol. The van der Waals surface area contributed by atoms with Crippen molar-refractivity contribution in [2.24, 2.45) is 21.9 Å². The van der Waals surface area contributed by atoms with Crippen LogP contribution in [0.25, 0.3) is 0 Å². The van der Waals surface area contributed by atoms with Crippen molar-refractivity contribution < 1.29 is 24.6 Å². The second-order valence-corrected chi connectivity index (χ2v) is 5.96. The molecule has 0 aliphatic carbocycles. The second kappa shape index (κ2) is 8.32. The number of nitrogens with one attached hydrogen (secondary N) is 1. The van der Waals surface area contributed by atoms with E-state index in [0.717, 1.165) is 5.56 Å². The van der Waals surface area contributed by atoms with E-state index in [9.17, 15) is 24.6 Å². The number of guanidine groups is 1. The smallest absolute Gasteiger partial charge is 0.364 e. The summed E-state index contributed by atoms with van der Waals surface area (Å²) >= 11 is 0. The first kappa shape index (κ1) is 20.9. The van der Waals surface area contributed by atoms with E-state index in [-0.39, 0.29) is 0 Å². The average molecular weight is 364 g/mol. The van der Waals surface area contributed by atoms with Crippen molar-refractivity contribution in [2.45, 2.75) is 38.8 Å². The van der Waals surface area contributed by atoms with Crippen LogP contribution in [0.15, 0.2) is 35.3 Å². The number of nitrogens with two attached hydrogens (primary N) is 2. The van der Waals surface area contributed by atoms with Crippen LogP contribution in [0, 0.1) is 5.41 Å². The van der Waals surface area contributed by atoms with E-state index < -0.39 is 34.9 Å². The Kier molecular flexibility index (Phi) is 6.71. The van der Waals surface area contributed by atoms with Crippen molar-refractivity contribution >= 4 is 23.8 Å². The number of hydrogen-bond acceptors (Lipinski definition) is 4. The normalized spacial score (nSPS) is 11.5. The van der Waals surface area contributed by atoms with Crippen LogP contribution in [-0.2, 0) is 20.8 Å². The molecular weight excluding hydrogens is 340 g/mol. The Morgan fingerprint density at radius 1 is 1.04 bits per heavy atom. The molecule has 142 valence electrons. The van der Waals surface area contributed by atoms with Gasteiger partial charge in [-0.1, -0.05) is 44.2 Å². The van der Waals surface area contributed by atoms with Crippen molar-refractivity contribution in [1.29, 1.82) is 0 Å². The molecule has 7 N–H and O–H groups in total. The van der Waals surface area contributed by atoms with Crippen LogP contribution in [0.1, 0.15) is 32.3 Å². The fraction of sp³-hybridized carbons (Fsp3) is 0.412. The maximum Gasteiger partial charge on any atom is 0.364 e. The van der Waals surface area contributed by atoms with Crippen LogP contribution < -0.4 is 16.8 Å². The Morgan fingerprint density at radius 3 is 1.92 bits per heavy atom. The van der Waals surface area contributed by atoms with Gasteiger partial charge in [0.25, 0.3) is 0 Å². The lowest BCUT2D eigenvalue weighted by molar-refractivity contribution is -0.162. The Hall–Kier alpha value is -3.10. The van der Waals surface area contributed by atoms with Gasteiger partial charge in [0.2, 0.25) is 5.91 Å². The molecule has 9 nitrogen and oxygen atoms in total. The molecule has 9 heteroatoms. The Bertz CT molecular complexity index is 680. The molecule has 1 rings (SSSR count). The van der Waals surface area contributed by atoms with Gasteiger partial charge in [0.1, 0.15) is 0 Å². The number of benzene rings is 1. The third-order valence-electron chi connectivity index (χ3n) is 4.43. The quantitative estimate of drug-likeness (QED) is 0.238. The van der Waals surface area contributed by atoms with Crippen molar-refractivity contribution in [3.05, 3.63) is 35.9 Å². The third-order valence-corrected chi connectivity index (χ3v) is 4.43. The number of carboxylic acids is 2. The van der Waals surface area contributed by atoms with E-state index >= 15 is 0 Å². The largest absolute Gasteiger partial charge is 0.478 e. The number of nitrogens with zero attached hydrogens (tertiary/aromatic N) is 1. The lowest BCUT2D eigenvalue weighted by Crippen LogP contribution is -2.63. The highest BCUT2D eigenvalue weighted by atomic mass is 16.4. The van der Waals surface area contributed by atoms with E-state index in [1.807, 2.05) is 35.6 Å². The number of carbonyl (C=O) groups excluding carboxylic acids is 1. The first-order valence-corrected chi connectivity index (χ1v) is 8.07. The molecule has 0 fully saturated rings. The van der Waals surface area contributed by atoms with Crippen molar-refractivity contribution in [3.8, 4) is 0 Å². The summed E-state index contributed by atoms with van der Waals surface area (Å²) in [6.45, 7) is 3.55. The molecule has 0 atom stereocenters. The number of aliphatic imine (C=N–C) groups is 1. The van der Waals surface area contributed by atoms with Crippen molar-refractivity contribution in [1.82, 2.24) is 5.32 Å². The maximum absolute atomic E-state index is 12.9. The van der Waals surface area contributed by atoms with E-state index in [1.54, 1.807) is 13.8 Å². The van der Waals surface area contributed by atoms with Crippen LogP contribution in [-0.4, -0.2) is 39.7 Å². The number of hydrogen-bond donors (Lipinski definition) is 5. The zero-order valence-corrected chi connectivity index (χ0v) is 14.7. The predicted octanol–water partition coefficient (Wildman–Crippen LogP) is 0.291. The minimum atomic E-state index is -2.98. The lowest BCUT2D eigenvalue weighted by atomic mass is 9.75. The molecule has 0 bridgehead atoms. The molecule has 0 aromatic heterocycles. The molecule has 0 radical (unpaired) electrons. The zero-order valence-electron chi connectivity index (χ0n) is 14.7. The van der Waals surface area contributed by atoms with Gasteiger partial charge in [-0.25, -0.2) is 14.6 Å². The summed E-state index contributed by atoms with van der Waals surface area (Å²) in [6.07, 6.45) is 1.03. The van der Waals surface area contributed by atoms with Crippen LogP contribution >= 0.6 is 0 Å². The van der Waals surface area contributed by atoms with Crippen LogP contribution in [0.2, 0.25) is 0 Å². The van der Waals surface area contributed by atoms with Gasteiger partial charge in [-0.15, -0.1) is 0 Å². The first-order chi connectivity index (χ1) is 12.1. The Labute approximate surface area is 151 Å². The first-order valence-electron chi connectivity index (χ1n) is 8.07. The number of aliphatic carboxylic acids is 2. The van der Waals surface area contributed by atoms with Gasteiger partial charge < -0.3 is 27.0 Å². The van der Waals surface area contributed by atoms with Crippen molar-refractivity contribution in [3.63, 3.8) is 0 Å². The molecule has 1 aromatic rings. The molecule has 0 spiro atoms. The summed E-state index contributed by atoms with van der Waals surface area (Å²) in [5, 5.41) is 20.8. The van der Waals surface area contributed by atoms with Gasteiger partial charge in [-0.2, -0.15) is 0 Å². The number of carbonyl (C=O) groups is 3. The maximum atomic E-state index is 12.9. The number of rotatable bonds is 9. The van der Waals surface area contributed by atoms with Gasteiger partial charge >= 0.3 is 17.6 Å². The second-order valence-electron chi connectivity index (χ2n) is 5.96. The molecule has 0 unspecified atom stereocenters. The Morgan fingerprint density at radius 2 is 1.54 bits per heavy atom. The average Bonchev–Trinajstić information content (AvgIpc) is 2.59. The van der Waals surface area contributed by atoms with Crippen LogP contribution in [0.3, 0.4) is 0 Å². The van der Waals surface area contributed by atoms with E-state index in [4.69, 9.17) is 11.5 Å². The molecular formula is C17H24N4O5. The molecule has 0 aliphatic rings. The minimum Gasteiger partial charge on any atom is -0.478 e. The number of amides is 1. The monoisotopic (exact) mass is 364 g/mol. The summed E-state index contributed by atoms with van der Waals surface area (Å²) in [4.78, 5) is 39.4. The minimum absolute atomic E-state index is 0.309. The topological polar surface area (TPSA) is 168 Å². The van der Waals surface area contributed by atoms with Gasteiger partial charge in [0, 0.05) is 0 Å². The van der Waals surface area contributed by atoms with Gasteiger partial charge in [0.05, 0.1) is 5.41 Å². The molecule has 0 aliphatic heterocycles. The highest BCUT2D eigenvalue weighted by molar-refractivity contribution is 6.08. The summed E-state index contributed by atoms with van der Waals surface area (Å²) in [7, 11) is 0. The standard InChI is InChI=1S/C17H24N4O5/c1-3-16(4-2,10-11-8-6-5-7-9-11)12(22)20-17(13(23)24,14(25)26)21-15(18)19/h5-9H,3-4,10H2,1-2H3,(H,20,22)(H,23,24)(H,25,26)(H4,18,19,21). The summed E-state index contributed by atoms with van der Waals surface area (Å²) in [5.74, 6) is -5.31.